The van der Waals surface area contributed by atoms with Gasteiger partial charge in [0.2, 0.25) is 12.6 Å². The van der Waals surface area contributed by atoms with Gasteiger partial charge in [-0.3, -0.25) is 0 Å². The summed E-state index contributed by atoms with van der Waals surface area (Å²) in [6.45, 7) is -0.758. The van der Waals surface area contributed by atoms with Crippen LogP contribution in [0.2, 0.25) is 0 Å². The van der Waals surface area contributed by atoms with Crippen LogP contribution in [0.25, 0.3) is 0 Å². The highest BCUT2D eigenvalue weighted by Gasteiger charge is 2.61. The number of amidine groups is 1. The van der Waals surface area contributed by atoms with Crippen molar-refractivity contribution in [2.75, 3.05) is 6.61 Å². The molecule has 9 heteroatoms. The highest BCUT2D eigenvalue weighted by Crippen LogP contribution is 2.39. The van der Waals surface area contributed by atoms with Gasteiger partial charge in [0.25, 0.3) is 0 Å². The van der Waals surface area contributed by atoms with Gasteiger partial charge < -0.3 is 30.7 Å². The summed E-state index contributed by atoms with van der Waals surface area (Å²) in [6, 6.07) is 0. The first-order valence-corrected chi connectivity index (χ1v) is 5.17. The predicted octanol–water partition coefficient (Wildman–Crippen LogP) is -1.84. The van der Waals surface area contributed by atoms with E-state index in [1.165, 1.54) is 6.08 Å². The van der Waals surface area contributed by atoms with E-state index in [4.69, 9.17) is 15.6 Å². The Morgan fingerprint density at radius 1 is 1.50 bits per heavy atom. The van der Waals surface area contributed by atoms with E-state index in [0.717, 1.165) is 11.1 Å². The molecule has 0 amide bonds. The van der Waals surface area contributed by atoms with Gasteiger partial charge in [-0.25, -0.2) is 4.99 Å². The summed E-state index contributed by atoms with van der Waals surface area (Å²) in [5.74, 6) is -3.67. The summed E-state index contributed by atoms with van der Waals surface area (Å²) < 4.78 is 32.3. The van der Waals surface area contributed by atoms with Crippen molar-refractivity contribution >= 4 is 5.84 Å². The molecule has 0 aliphatic carbocycles. The minimum absolute atomic E-state index is 0.0145. The zero-order valence-electron chi connectivity index (χ0n) is 9.15. The van der Waals surface area contributed by atoms with Crippen LogP contribution < -0.4 is 5.73 Å². The second-order valence-corrected chi connectivity index (χ2v) is 3.99. The molecule has 2 rings (SSSR count). The standard InChI is InChI=1S/C9H13F2N3O4/c10-9(11)6(16)4(3-15)18-7(9)14-2-1-5(12)13-8(14)17/h1-2,4,6-8,15-17H,3H2,(H2,12,13). The highest BCUT2D eigenvalue weighted by atomic mass is 19.3. The maximum absolute atomic E-state index is 13.7. The van der Waals surface area contributed by atoms with E-state index >= 15 is 0 Å². The minimum atomic E-state index is -3.65. The third kappa shape index (κ3) is 1.94. The Bertz CT molecular complexity index is 390. The monoisotopic (exact) mass is 265 g/mol. The molecule has 0 aromatic heterocycles. The van der Waals surface area contributed by atoms with Crippen LogP contribution in [-0.2, 0) is 4.74 Å². The average Bonchev–Trinajstić information content (AvgIpc) is 2.52. The van der Waals surface area contributed by atoms with Crippen molar-refractivity contribution in [1.82, 2.24) is 4.90 Å². The fourth-order valence-corrected chi connectivity index (χ4v) is 1.82. The molecule has 4 unspecified atom stereocenters. The first kappa shape index (κ1) is 13.1. The molecule has 102 valence electrons. The fraction of sp³-hybridized carbons (Fsp3) is 0.667. The Kier molecular flexibility index (Phi) is 3.23. The maximum atomic E-state index is 13.7. The van der Waals surface area contributed by atoms with Crippen molar-refractivity contribution in [1.29, 1.82) is 0 Å². The van der Waals surface area contributed by atoms with Crippen molar-refractivity contribution in [2.24, 2.45) is 10.7 Å². The van der Waals surface area contributed by atoms with E-state index in [-0.39, 0.29) is 5.84 Å². The lowest BCUT2D eigenvalue weighted by atomic mass is 10.1. The maximum Gasteiger partial charge on any atom is 0.319 e. The molecule has 4 atom stereocenters. The topological polar surface area (TPSA) is 112 Å². The zero-order valence-corrected chi connectivity index (χ0v) is 9.15. The molecule has 1 fully saturated rings. The molecule has 18 heavy (non-hydrogen) atoms. The van der Waals surface area contributed by atoms with Crippen LogP contribution in [0, 0.1) is 0 Å². The van der Waals surface area contributed by atoms with E-state index in [0.29, 0.717) is 0 Å². The molecule has 0 radical (unpaired) electrons. The number of alkyl halides is 2. The molecule has 1 saturated heterocycles. The van der Waals surface area contributed by atoms with E-state index in [2.05, 4.69) is 4.99 Å². The van der Waals surface area contributed by atoms with Crippen LogP contribution >= 0.6 is 0 Å². The number of hydrogen-bond donors (Lipinski definition) is 4. The number of hydrogen-bond acceptors (Lipinski definition) is 7. The molecule has 7 nitrogen and oxygen atoms in total. The lowest BCUT2D eigenvalue weighted by molar-refractivity contribution is -0.186. The molecule has 2 aliphatic heterocycles. The van der Waals surface area contributed by atoms with Crippen LogP contribution in [0.5, 0.6) is 0 Å². The van der Waals surface area contributed by atoms with Gasteiger partial charge in [0.15, 0.2) is 6.10 Å². The predicted molar refractivity (Wildman–Crippen MR) is 55.3 cm³/mol. The largest absolute Gasteiger partial charge is 0.394 e. The molecule has 0 aromatic rings. The van der Waals surface area contributed by atoms with Gasteiger partial charge in [-0.15, -0.1) is 0 Å². The van der Waals surface area contributed by atoms with E-state index in [9.17, 15) is 19.0 Å². The molecule has 2 heterocycles. The van der Waals surface area contributed by atoms with E-state index in [1.54, 1.807) is 0 Å². The number of nitrogens with two attached hydrogens (primary N) is 1. The molecular weight excluding hydrogens is 252 g/mol. The van der Waals surface area contributed by atoms with Gasteiger partial charge in [-0.2, -0.15) is 8.78 Å². The van der Waals surface area contributed by atoms with Gasteiger partial charge >= 0.3 is 5.92 Å². The Morgan fingerprint density at radius 2 is 2.17 bits per heavy atom. The van der Waals surface area contributed by atoms with Crippen LogP contribution in [-0.4, -0.2) is 63.4 Å². The first-order chi connectivity index (χ1) is 8.37. The van der Waals surface area contributed by atoms with E-state index in [1.807, 2.05) is 0 Å². The van der Waals surface area contributed by atoms with Gasteiger partial charge in [0.1, 0.15) is 11.9 Å². The zero-order chi connectivity index (χ0) is 13.5. The number of aliphatic hydroxyl groups excluding tert-OH is 3. The molecule has 0 bridgehead atoms. The van der Waals surface area contributed by atoms with Crippen molar-refractivity contribution in [3.8, 4) is 0 Å². The summed E-state index contributed by atoms with van der Waals surface area (Å²) in [5, 5.41) is 27.7. The van der Waals surface area contributed by atoms with Crippen molar-refractivity contribution in [3.05, 3.63) is 12.3 Å². The van der Waals surface area contributed by atoms with Crippen LogP contribution in [0.15, 0.2) is 17.3 Å². The Labute approximate surface area is 101 Å². The summed E-state index contributed by atoms with van der Waals surface area (Å²) in [7, 11) is 0. The minimum Gasteiger partial charge on any atom is -0.394 e. The van der Waals surface area contributed by atoms with Crippen LogP contribution in [0.3, 0.4) is 0 Å². The lowest BCUT2D eigenvalue weighted by Crippen LogP contribution is -2.51. The van der Waals surface area contributed by atoms with Crippen molar-refractivity contribution < 1.29 is 28.8 Å². The Balaban J connectivity index is 2.22. The second-order valence-electron chi connectivity index (χ2n) is 3.99. The number of aliphatic hydroxyl groups is 3. The SMILES string of the molecule is NC1=NC(O)N(C2OC(CO)C(O)C2(F)F)C=C1. The molecule has 5 N–H and O–H groups in total. The van der Waals surface area contributed by atoms with Crippen LogP contribution in [0.4, 0.5) is 8.78 Å². The second kappa shape index (κ2) is 4.43. The number of ether oxygens (including phenoxy) is 1. The van der Waals surface area contributed by atoms with Crippen LogP contribution in [0.1, 0.15) is 0 Å². The molecule has 2 aliphatic rings. The van der Waals surface area contributed by atoms with Gasteiger partial charge in [-0.05, 0) is 6.08 Å². The van der Waals surface area contributed by atoms with Gasteiger partial charge in [0, 0.05) is 6.20 Å². The summed E-state index contributed by atoms with van der Waals surface area (Å²) >= 11 is 0. The quantitative estimate of drug-likeness (QED) is 0.467. The third-order valence-electron chi connectivity index (χ3n) is 2.78. The summed E-state index contributed by atoms with van der Waals surface area (Å²) in [4.78, 5) is 4.20. The normalized spacial score (nSPS) is 38.9. The summed E-state index contributed by atoms with van der Waals surface area (Å²) in [6.07, 6.45) is -4.82. The third-order valence-corrected chi connectivity index (χ3v) is 2.78. The smallest absolute Gasteiger partial charge is 0.319 e. The fourth-order valence-electron chi connectivity index (χ4n) is 1.82. The number of halogens is 2. The molecule has 0 aromatic carbocycles. The number of aliphatic imine (C=N–C) groups is 1. The lowest BCUT2D eigenvalue weighted by Gasteiger charge is -2.34. The van der Waals surface area contributed by atoms with Crippen molar-refractivity contribution in [3.63, 3.8) is 0 Å². The highest BCUT2D eigenvalue weighted by molar-refractivity contribution is 5.91. The Hall–Kier alpha value is -1.29. The average molecular weight is 265 g/mol. The number of nitrogens with zero attached hydrogens (tertiary/aromatic N) is 2. The number of rotatable bonds is 2. The Morgan fingerprint density at radius 3 is 2.67 bits per heavy atom. The van der Waals surface area contributed by atoms with Gasteiger partial charge in [0.05, 0.1) is 6.61 Å². The molecule has 0 saturated carbocycles. The van der Waals surface area contributed by atoms with E-state index < -0.39 is 37.3 Å². The first-order valence-electron chi connectivity index (χ1n) is 5.17. The molecule has 0 spiro atoms. The molecular formula is C9H13F2N3O4. The summed E-state index contributed by atoms with van der Waals surface area (Å²) in [5.41, 5.74) is 5.29. The van der Waals surface area contributed by atoms with Gasteiger partial charge in [-0.1, -0.05) is 0 Å². The van der Waals surface area contributed by atoms with Crippen molar-refractivity contribution in [2.45, 2.75) is 30.7 Å².